The van der Waals surface area contributed by atoms with Gasteiger partial charge in [0, 0.05) is 19.6 Å². The molecule has 3 rings (SSSR count). The van der Waals surface area contributed by atoms with Crippen molar-refractivity contribution < 1.29 is 8.42 Å². The van der Waals surface area contributed by atoms with Crippen LogP contribution in [0.25, 0.3) is 0 Å². The fraction of sp³-hybridized carbons (Fsp3) is 0.667. The van der Waals surface area contributed by atoms with Gasteiger partial charge in [-0.15, -0.1) is 0 Å². The highest BCUT2D eigenvalue weighted by molar-refractivity contribution is 7.88. The Labute approximate surface area is 140 Å². The Morgan fingerprint density at radius 1 is 0.957 bits per heavy atom. The highest BCUT2D eigenvalue weighted by atomic mass is 32.2. The molecular weight excluding hydrogens is 308 g/mol. The molecule has 2 heterocycles. The van der Waals surface area contributed by atoms with E-state index in [4.69, 9.17) is 0 Å². The van der Waals surface area contributed by atoms with Crippen molar-refractivity contribution in [1.82, 2.24) is 9.21 Å². The summed E-state index contributed by atoms with van der Waals surface area (Å²) in [6, 6.07) is 8.82. The molecule has 0 aliphatic carbocycles. The molecule has 1 aromatic carbocycles. The molecule has 5 heteroatoms. The van der Waals surface area contributed by atoms with E-state index >= 15 is 0 Å². The molecule has 0 N–H and O–H groups in total. The predicted octanol–water partition coefficient (Wildman–Crippen LogP) is 2.63. The van der Waals surface area contributed by atoms with Gasteiger partial charge in [0.15, 0.2) is 0 Å². The fourth-order valence-electron chi connectivity index (χ4n) is 3.93. The second kappa shape index (κ2) is 6.54. The van der Waals surface area contributed by atoms with Crippen molar-refractivity contribution in [1.29, 1.82) is 0 Å². The molecule has 0 aromatic heterocycles. The van der Waals surface area contributed by atoms with Gasteiger partial charge in [0.2, 0.25) is 10.0 Å². The van der Waals surface area contributed by atoms with Crippen LogP contribution in [-0.2, 0) is 16.6 Å². The molecule has 2 fully saturated rings. The molecule has 128 valence electrons. The van der Waals surface area contributed by atoms with Gasteiger partial charge in [-0.1, -0.05) is 29.8 Å². The van der Waals surface area contributed by atoms with Crippen LogP contribution in [-0.4, -0.2) is 50.1 Å². The Morgan fingerprint density at radius 3 is 2.00 bits per heavy atom. The number of piperidine rings is 2. The summed E-state index contributed by atoms with van der Waals surface area (Å²) in [6.07, 6.45) is 5.79. The van der Waals surface area contributed by atoms with Crippen molar-refractivity contribution in [3.05, 3.63) is 35.4 Å². The molecular formula is C18H28N2O2S. The van der Waals surface area contributed by atoms with Gasteiger partial charge in [-0.05, 0) is 56.7 Å². The molecule has 0 radical (unpaired) electrons. The average molecular weight is 337 g/mol. The number of benzene rings is 1. The number of sulfonamides is 1. The lowest BCUT2D eigenvalue weighted by Gasteiger charge is -2.46. The summed E-state index contributed by atoms with van der Waals surface area (Å²) < 4.78 is 25.0. The number of nitrogens with zero attached hydrogens (tertiary/aromatic N) is 2. The van der Waals surface area contributed by atoms with Gasteiger partial charge in [-0.2, -0.15) is 0 Å². The zero-order valence-corrected chi connectivity index (χ0v) is 15.1. The number of hydrogen-bond acceptors (Lipinski definition) is 3. The monoisotopic (exact) mass is 336 g/mol. The zero-order chi connectivity index (χ0) is 16.5. The maximum Gasteiger partial charge on any atom is 0.211 e. The van der Waals surface area contributed by atoms with Crippen LogP contribution in [0.15, 0.2) is 24.3 Å². The van der Waals surface area contributed by atoms with E-state index in [0.29, 0.717) is 18.5 Å². The Balaban J connectivity index is 1.52. The summed E-state index contributed by atoms with van der Waals surface area (Å²) in [6.45, 7) is 6.83. The van der Waals surface area contributed by atoms with Crippen LogP contribution in [0.1, 0.15) is 36.8 Å². The molecule has 2 aliphatic heterocycles. The lowest BCUT2D eigenvalue weighted by Crippen LogP contribution is -2.47. The topological polar surface area (TPSA) is 40.6 Å². The van der Waals surface area contributed by atoms with Crippen molar-refractivity contribution in [3.63, 3.8) is 0 Å². The van der Waals surface area contributed by atoms with Crippen molar-refractivity contribution in [3.8, 4) is 0 Å². The number of hydrogen-bond donors (Lipinski definition) is 0. The first kappa shape index (κ1) is 16.9. The first-order chi connectivity index (χ1) is 10.9. The Kier molecular flexibility index (Phi) is 4.81. The van der Waals surface area contributed by atoms with Gasteiger partial charge in [0.1, 0.15) is 0 Å². The molecule has 1 aromatic rings. The van der Waals surface area contributed by atoms with Crippen LogP contribution >= 0.6 is 0 Å². The van der Waals surface area contributed by atoms with E-state index in [-0.39, 0.29) is 0 Å². The van der Waals surface area contributed by atoms with Gasteiger partial charge in [0.05, 0.1) is 6.26 Å². The lowest BCUT2D eigenvalue weighted by atomic mass is 9.71. The van der Waals surface area contributed by atoms with E-state index in [2.05, 4.69) is 36.1 Å². The third-order valence-electron chi connectivity index (χ3n) is 5.70. The van der Waals surface area contributed by atoms with Crippen molar-refractivity contribution in [2.45, 2.75) is 39.2 Å². The quantitative estimate of drug-likeness (QED) is 0.852. The molecule has 0 unspecified atom stereocenters. The first-order valence-electron chi connectivity index (χ1n) is 8.59. The molecule has 2 saturated heterocycles. The lowest BCUT2D eigenvalue weighted by molar-refractivity contribution is 0.0531. The fourth-order valence-corrected chi connectivity index (χ4v) is 4.78. The summed E-state index contributed by atoms with van der Waals surface area (Å²) in [5.41, 5.74) is 3.08. The van der Waals surface area contributed by atoms with Crippen LogP contribution in [0.5, 0.6) is 0 Å². The van der Waals surface area contributed by atoms with E-state index in [1.807, 2.05) is 0 Å². The standard InChI is InChI=1S/C18H28N2O2S/c1-16-3-5-17(6-4-16)15-19-11-7-18(8-12-19)9-13-20(14-10-18)23(2,21)22/h3-6H,7-15H2,1-2H3. The third-order valence-corrected chi connectivity index (χ3v) is 7.00. The SMILES string of the molecule is Cc1ccc(CN2CCC3(CC2)CCN(S(C)(=O)=O)CC3)cc1. The van der Waals surface area contributed by atoms with Gasteiger partial charge in [0.25, 0.3) is 0 Å². The molecule has 0 bridgehead atoms. The highest BCUT2D eigenvalue weighted by Crippen LogP contribution is 2.41. The van der Waals surface area contributed by atoms with E-state index in [1.165, 1.54) is 30.2 Å². The molecule has 0 amide bonds. The number of aryl methyl sites for hydroxylation is 1. The largest absolute Gasteiger partial charge is 0.299 e. The van der Waals surface area contributed by atoms with Crippen LogP contribution < -0.4 is 0 Å². The third kappa shape index (κ3) is 4.14. The van der Waals surface area contributed by atoms with Crippen LogP contribution in [0.3, 0.4) is 0 Å². The minimum atomic E-state index is -3.01. The first-order valence-corrected chi connectivity index (χ1v) is 10.4. The summed E-state index contributed by atoms with van der Waals surface area (Å²) in [5, 5.41) is 0. The minimum absolute atomic E-state index is 0.380. The normalized spacial score (nSPS) is 23.2. The predicted molar refractivity (Wildman–Crippen MR) is 93.8 cm³/mol. The molecule has 0 saturated carbocycles. The molecule has 23 heavy (non-hydrogen) atoms. The van der Waals surface area contributed by atoms with Crippen molar-refractivity contribution >= 4 is 10.0 Å². The van der Waals surface area contributed by atoms with Crippen LogP contribution in [0, 0.1) is 12.3 Å². The van der Waals surface area contributed by atoms with Crippen molar-refractivity contribution in [2.24, 2.45) is 5.41 Å². The van der Waals surface area contributed by atoms with Crippen LogP contribution in [0.2, 0.25) is 0 Å². The van der Waals surface area contributed by atoms with Gasteiger partial charge in [-0.3, -0.25) is 4.90 Å². The minimum Gasteiger partial charge on any atom is -0.299 e. The maximum atomic E-state index is 11.7. The maximum absolute atomic E-state index is 11.7. The Bertz CT molecular complexity index is 621. The van der Waals surface area contributed by atoms with E-state index in [1.54, 1.807) is 4.31 Å². The summed E-state index contributed by atoms with van der Waals surface area (Å²) in [5.74, 6) is 0. The summed E-state index contributed by atoms with van der Waals surface area (Å²) in [4.78, 5) is 2.54. The second-order valence-corrected chi connectivity index (χ2v) is 9.41. The van der Waals surface area contributed by atoms with E-state index in [9.17, 15) is 8.42 Å². The number of likely N-dealkylation sites (tertiary alicyclic amines) is 1. The summed E-state index contributed by atoms with van der Waals surface area (Å²) in [7, 11) is -3.01. The van der Waals surface area contributed by atoms with Gasteiger partial charge < -0.3 is 0 Å². The van der Waals surface area contributed by atoms with Gasteiger partial charge >= 0.3 is 0 Å². The second-order valence-electron chi connectivity index (χ2n) is 7.42. The molecule has 0 atom stereocenters. The highest BCUT2D eigenvalue weighted by Gasteiger charge is 2.39. The Morgan fingerprint density at radius 2 is 1.48 bits per heavy atom. The zero-order valence-electron chi connectivity index (χ0n) is 14.3. The van der Waals surface area contributed by atoms with Gasteiger partial charge in [-0.25, -0.2) is 12.7 Å². The Hall–Kier alpha value is -0.910. The van der Waals surface area contributed by atoms with Crippen molar-refractivity contribution in [2.75, 3.05) is 32.4 Å². The number of rotatable bonds is 3. The average Bonchev–Trinajstić information content (AvgIpc) is 2.52. The van der Waals surface area contributed by atoms with Crippen LogP contribution in [0.4, 0.5) is 0 Å². The van der Waals surface area contributed by atoms with E-state index < -0.39 is 10.0 Å². The molecule has 2 aliphatic rings. The molecule has 1 spiro atoms. The summed E-state index contributed by atoms with van der Waals surface area (Å²) >= 11 is 0. The van der Waals surface area contributed by atoms with E-state index in [0.717, 1.165) is 32.5 Å². The molecule has 4 nitrogen and oxygen atoms in total. The smallest absolute Gasteiger partial charge is 0.211 e.